The Labute approximate surface area is 116 Å². The van der Waals surface area contributed by atoms with Crippen LogP contribution in [0.5, 0.6) is 11.5 Å². The first-order chi connectivity index (χ1) is 8.20. The van der Waals surface area contributed by atoms with E-state index in [9.17, 15) is 4.79 Å². The summed E-state index contributed by atoms with van der Waals surface area (Å²) in [5, 5.41) is 3.09. The van der Waals surface area contributed by atoms with Crippen LogP contribution in [-0.4, -0.2) is 25.7 Å². The Kier molecular flexibility index (Phi) is 5.53. The number of ether oxygens (including phenoxy) is 2. The van der Waals surface area contributed by atoms with E-state index in [1.54, 1.807) is 12.1 Å². The van der Waals surface area contributed by atoms with Gasteiger partial charge in [-0.05, 0) is 0 Å². The van der Waals surface area contributed by atoms with Crippen LogP contribution in [0.1, 0.15) is 6.42 Å². The molecule has 1 aromatic carbocycles. The second-order valence-corrected chi connectivity index (χ2v) is 3.97. The minimum absolute atomic E-state index is 0. The summed E-state index contributed by atoms with van der Waals surface area (Å²) in [6.45, 7) is 1.29. The van der Waals surface area contributed by atoms with Crippen LogP contribution < -0.4 is 20.5 Å². The molecule has 0 spiro atoms. The van der Waals surface area contributed by atoms with Crippen molar-refractivity contribution in [2.75, 3.05) is 25.1 Å². The molecule has 0 radical (unpaired) electrons. The maximum Gasteiger partial charge on any atom is 0.225 e. The average Bonchev–Trinajstić information content (AvgIpc) is 2.30. The van der Waals surface area contributed by atoms with Gasteiger partial charge in [0.05, 0.1) is 10.7 Å². The molecule has 18 heavy (non-hydrogen) atoms. The summed E-state index contributed by atoms with van der Waals surface area (Å²) in [5.41, 5.74) is 5.80. The quantitative estimate of drug-likeness (QED) is 0.891. The van der Waals surface area contributed by atoms with E-state index < -0.39 is 0 Å². The molecule has 7 heteroatoms. The van der Waals surface area contributed by atoms with Crippen molar-refractivity contribution >= 4 is 35.6 Å². The number of anilines is 1. The molecule has 0 fully saturated rings. The third kappa shape index (κ3) is 3.41. The van der Waals surface area contributed by atoms with E-state index in [0.29, 0.717) is 42.0 Å². The summed E-state index contributed by atoms with van der Waals surface area (Å²) < 4.78 is 10.8. The van der Waals surface area contributed by atoms with E-state index in [1.165, 1.54) is 0 Å². The molecule has 0 unspecified atom stereocenters. The largest absolute Gasteiger partial charge is 0.486 e. The summed E-state index contributed by atoms with van der Waals surface area (Å²) in [4.78, 5) is 11.4. The molecule has 0 atom stereocenters. The molecule has 2 rings (SSSR count). The van der Waals surface area contributed by atoms with Crippen molar-refractivity contribution < 1.29 is 14.3 Å². The van der Waals surface area contributed by atoms with Crippen LogP contribution in [-0.2, 0) is 4.79 Å². The monoisotopic (exact) mass is 292 g/mol. The molecular weight excluding hydrogens is 279 g/mol. The van der Waals surface area contributed by atoms with Crippen LogP contribution in [0.3, 0.4) is 0 Å². The molecule has 1 amide bonds. The SMILES string of the molecule is Cl.NCCC(=O)Nc1cc2c(cc1Cl)OCCO2. The number of nitrogens with two attached hydrogens (primary N) is 1. The highest BCUT2D eigenvalue weighted by Gasteiger charge is 2.16. The van der Waals surface area contributed by atoms with Gasteiger partial charge < -0.3 is 20.5 Å². The third-order valence-electron chi connectivity index (χ3n) is 2.28. The van der Waals surface area contributed by atoms with Gasteiger partial charge in [0.15, 0.2) is 11.5 Å². The molecule has 5 nitrogen and oxygen atoms in total. The normalized spacial score (nSPS) is 12.6. The van der Waals surface area contributed by atoms with Crippen molar-refractivity contribution in [1.29, 1.82) is 0 Å². The Hall–Kier alpha value is -1.17. The van der Waals surface area contributed by atoms with Gasteiger partial charge >= 0.3 is 0 Å². The van der Waals surface area contributed by atoms with E-state index in [-0.39, 0.29) is 24.7 Å². The molecule has 0 bridgehead atoms. The van der Waals surface area contributed by atoms with E-state index in [1.807, 2.05) is 0 Å². The molecule has 0 aromatic heterocycles. The van der Waals surface area contributed by atoms with Crippen LogP contribution in [0.25, 0.3) is 0 Å². The topological polar surface area (TPSA) is 73.6 Å². The standard InChI is InChI=1S/C11H13ClN2O3.ClH/c12-7-5-9-10(17-4-3-16-9)6-8(7)14-11(15)1-2-13;/h5-6H,1-4,13H2,(H,14,15);1H. The molecule has 1 aliphatic heterocycles. The lowest BCUT2D eigenvalue weighted by molar-refractivity contribution is -0.116. The van der Waals surface area contributed by atoms with Crippen LogP contribution in [0, 0.1) is 0 Å². The molecule has 0 saturated heterocycles. The first kappa shape index (κ1) is 14.9. The number of amides is 1. The minimum Gasteiger partial charge on any atom is -0.486 e. The van der Waals surface area contributed by atoms with Crippen molar-refractivity contribution in [3.05, 3.63) is 17.2 Å². The first-order valence-corrected chi connectivity index (χ1v) is 5.67. The zero-order valence-electron chi connectivity index (χ0n) is 9.57. The van der Waals surface area contributed by atoms with Crippen LogP contribution in [0.4, 0.5) is 5.69 Å². The van der Waals surface area contributed by atoms with Gasteiger partial charge in [-0.1, -0.05) is 11.6 Å². The molecule has 0 aliphatic carbocycles. The van der Waals surface area contributed by atoms with E-state index >= 15 is 0 Å². The number of fused-ring (bicyclic) bond motifs is 1. The maximum atomic E-state index is 11.4. The number of hydrogen-bond donors (Lipinski definition) is 2. The highest BCUT2D eigenvalue weighted by Crippen LogP contribution is 2.37. The molecule has 100 valence electrons. The van der Waals surface area contributed by atoms with Gasteiger partial charge in [-0.3, -0.25) is 4.79 Å². The van der Waals surface area contributed by atoms with Crippen LogP contribution in [0.15, 0.2) is 12.1 Å². The van der Waals surface area contributed by atoms with Crippen molar-refractivity contribution in [2.45, 2.75) is 6.42 Å². The zero-order valence-corrected chi connectivity index (χ0v) is 11.1. The highest BCUT2D eigenvalue weighted by atomic mass is 35.5. The fourth-order valence-electron chi connectivity index (χ4n) is 1.50. The van der Waals surface area contributed by atoms with Gasteiger partial charge in [-0.15, -0.1) is 12.4 Å². The Bertz CT molecular complexity index is 441. The van der Waals surface area contributed by atoms with Gasteiger partial charge in [-0.25, -0.2) is 0 Å². The zero-order chi connectivity index (χ0) is 12.3. The number of halogens is 2. The summed E-state index contributed by atoms with van der Waals surface area (Å²) in [6, 6.07) is 3.29. The molecule has 0 saturated carbocycles. The fourth-order valence-corrected chi connectivity index (χ4v) is 1.70. The number of hydrogen-bond acceptors (Lipinski definition) is 4. The van der Waals surface area contributed by atoms with Gasteiger partial charge in [0.25, 0.3) is 0 Å². The summed E-state index contributed by atoms with van der Waals surface area (Å²) in [6.07, 6.45) is 0.255. The number of carbonyl (C=O) groups is 1. The molecule has 1 heterocycles. The lowest BCUT2D eigenvalue weighted by atomic mass is 10.2. The fraction of sp³-hybridized carbons (Fsp3) is 0.364. The van der Waals surface area contributed by atoms with Crippen LogP contribution in [0.2, 0.25) is 5.02 Å². The average molecular weight is 293 g/mol. The Balaban J connectivity index is 0.00000162. The summed E-state index contributed by atoms with van der Waals surface area (Å²) in [5.74, 6) is 1.01. The van der Waals surface area contributed by atoms with E-state index in [2.05, 4.69) is 5.32 Å². The summed E-state index contributed by atoms with van der Waals surface area (Å²) >= 11 is 6.02. The lowest BCUT2D eigenvalue weighted by Crippen LogP contribution is -2.18. The molecule has 3 N–H and O–H groups in total. The smallest absolute Gasteiger partial charge is 0.225 e. The number of nitrogens with one attached hydrogen (secondary N) is 1. The van der Waals surface area contributed by atoms with E-state index in [0.717, 1.165) is 0 Å². The second-order valence-electron chi connectivity index (χ2n) is 3.56. The number of benzene rings is 1. The summed E-state index contributed by atoms with van der Waals surface area (Å²) in [7, 11) is 0. The van der Waals surface area contributed by atoms with Crippen LogP contribution >= 0.6 is 24.0 Å². The number of carbonyl (C=O) groups excluding carboxylic acids is 1. The second kappa shape index (κ2) is 6.68. The van der Waals surface area contributed by atoms with Crippen molar-refractivity contribution in [3.8, 4) is 11.5 Å². The van der Waals surface area contributed by atoms with Crippen molar-refractivity contribution in [1.82, 2.24) is 0 Å². The third-order valence-corrected chi connectivity index (χ3v) is 2.59. The Morgan fingerprint density at radius 2 is 1.94 bits per heavy atom. The minimum atomic E-state index is -0.175. The first-order valence-electron chi connectivity index (χ1n) is 5.30. The van der Waals surface area contributed by atoms with Gasteiger partial charge in [0, 0.05) is 25.1 Å². The Morgan fingerprint density at radius 3 is 2.56 bits per heavy atom. The van der Waals surface area contributed by atoms with Crippen molar-refractivity contribution in [3.63, 3.8) is 0 Å². The predicted octanol–water partition coefficient (Wildman–Crippen LogP) is 1.82. The lowest BCUT2D eigenvalue weighted by Gasteiger charge is -2.19. The molecular formula is C11H14Cl2N2O3. The maximum absolute atomic E-state index is 11.4. The molecule has 1 aliphatic rings. The van der Waals surface area contributed by atoms with Gasteiger partial charge in [0.1, 0.15) is 13.2 Å². The number of rotatable bonds is 3. The highest BCUT2D eigenvalue weighted by molar-refractivity contribution is 6.34. The van der Waals surface area contributed by atoms with Crippen molar-refractivity contribution in [2.24, 2.45) is 5.73 Å². The van der Waals surface area contributed by atoms with Gasteiger partial charge in [0.2, 0.25) is 5.91 Å². The van der Waals surface area contributed by atoms with Gasteiger partial charge in [-0.2, -0.15) is 0 Å². The molecule has 1 aromatic rings. The Morgan fingerprint density at radius 1 is 1.33 bits per heavy atom. The van der Waals surface area contributed by atoms with E-state index in [4.69, 9.17) is 26.8 Å². The predicted molar refractivity (Wildman–Crippen MR) is 72.0 cm³/mol.